The van der Waals surface area contributed by atoms with Crippen molar-refractivity contribution in [1.82, 2.24) is 5.32 Å². The maximum Gasteiger partial charge on any atom is 0.192 e. The van der Waals surface area contributed by atoms with Crippen LogP contribution in [0.5, 0.6) is 5.75 Å². The first-order valence-electron chi connectivity index (χ1n) is 6.40. The van der Waals surface area contributed by atoms with Crippen molar-refractivity contribution < 1.29 is 14.3 Å². The lowest BCUT2D eigenvalue weighted by atomic mass is 10.1. The maximum absolute atomic E-state index is 12.1. The Labute approximate surface area is 118 Å². The van der Waals surface area contributed by atoms with Crippen LogP contribution in [0.15, 0.2) is 18.2 Å². The Balaban J connectivity index is 1.97. The molecule has 1 aromatic carbocycles. The highest BCUT2D eigenvalue weighted by Crippen LogP contribution is 2.23. The summed E-state index contributed by atoms with van der Waals surface area (Å²) in [5.74, 6) is 0.432. The quantitative estimate of drug-likeness (QED) is 0.843. The summed E-state index contributed by atoms with van der Waals surface area (Å²) in [4.78, 5) is 12.1. The minimum absolute atomic E-state index is 0.0708. The highest BCUT2D eigenvalue weighted by atomic mass is 35.5. The van der Waals surface area contributed by atoms with Gasteiger partial charge in [0, 0.05) is 5.02 Å². The molecule has 5 heteroatoms. The van der Waals surface area contributed by atoms with Gasteiger partial charge in [0.15, 0.2) is 5.78 Å². The summed E-state index contributed by atoms with van der Waals surface area (Å²) in [5.41, 5.74) is 0.476. The van der Waals surface area contributed by atoms with Gasteiger partial charge in [0.2, 0.25) is 0 Å². The Bertz CT molecular complexity index is 444. The second-order valence-corrected chi connectivity index (χ2v) is 4.96. The number of carbonyl (C=O) groups excluding carboxylic acids is 1. The number of carbonyl (C=O) groups is 1. The zero-order chi connectivity index (χ0) is 13.7. The highest BCUT2D eigenvalue weighted by molar-refractivity contribution is 6.31. The van der Waals surface area contributed by atoms with Gasteiger partial charge in [-0.2, -0.15) is 0 Å². The molecule has 1 heterocycles. The van der Waals surface area contributed by atoms with Crippen molar-refractivity contribution in [3.8, 4) is 5.75 Å². The molecule has 1 aliphatic rings. The van der Waals surface area contributed by atoms with Crippen molar-refractivity contribution in [3.63, 3.8) is 0 Å². The second-order valence-electron chi connectivity index (χ2n) is 4.53. The molecule has 2 rings (SSSR count). The summed E-state index contributed by atoms with van der Waals surface area (Å²) in [5, 5.41) is 3.78. The van der Waals surface area contributed by atoms with Gasteiger partial charge in [-0.15, -0.1) is 0 Å². The molecule has 0 atom stereocenters. The van der Waals surface area contributed by atoms with E-state index in [1.165, 1.54) is 7.11 Å². The van der Waals surface area contributed by atoms with Crippen molar-refractivity contribution in [2.24, 2.45) is 0 Å². The number of hydrogen-bond donors (Lipinski definition) is 1. The molecule has 1 aromatic rings. The van der Waals surface area contributed by atoms with Crippen LogP contribution in [-0.4, -0.2) is 38.7 Å². The third kappa shape index (κ3) is 3.93. The molecule has 0 unspecified atom stereocenters. The Morgan fingerprint density at radius 3 is 2.84 bits per heavy atom. The molecule has 4 nitrogen and oxygen atoms in total. The Hall–Kier alpha value is -1.10. The molecule has 0 aromatic heterocycles. The molecule has 104 valence electrons. The zero-order valence-electron chi connectivity index (χ0n) is 10.9. The lowest BCUT2D eigenvalue weighted by Crippen LogP contribution is -2.33. The van der Waals surface area contributed by atoms with Gasteiger partial charge in [-0.3, -0.25) is 4.79 Å². The van der Waals surface area contributed by atoms with Crippen LogP contribution >= 0.6 is 11.6 Å². The third-order valence-corrected chi connectivity index (χ3v) is 3.43. The molecule has 1 N–H and O–H groups in total. The molecule has 0 saturated carbocycles. The van der Waals surface area contributed by atoms with Gasteiger partial charge in [-0.25, -0.2) is 0 Å². The number of ketones is 1. The largest absolute Gasteiger partial charge is 0.496 e. The van der Waals surface area contributed by atoms with Crippen LogP contribution in [0.2, 0.25) is 5.02 Å². The fraction of sp³-hybridized carbons (Fsp3) is 0.500. The number of halogens is 1. The first-order chi connectivity index (χ1) is 9.20. The smallest absolute Gasteiger partial charge is 0.192 e. The van der Waals surface area contributed by atoms with Gasteiger partial charge in [0.25, 0.3) is 0 Å². The fourth-order valence-corrected chi connectivity index (χ4v) is 2.30. The standard InChI is InChI=1S/C14H18ClNO3/c1-18-14-3-2-10(15)8-12(14)13(17)9-19-11-4-6-16-7-5-11/h2-3,8,11,16H,4-7,9H2,1H3. The monoisotopic (exact) mass is 283 g/mol. The molecule has 0 aliphatic carbocycles. The summed E-state index contributed by atoms with van der Waals surface area (Å²) in [6, 6.07) is 5.01. The van der Waals surface area contributed by atoms with E-state index in [1.54, 1.807) is 18.2 Å². The number of rotatable bonds is 5. The van der Waals surface area contributed by atoms with Crippen molar-refractivity contribution in [1.29, 1.82) is 0 Å². The molecular formula is C14H18ClNO3. The van der Waals surface area contributed by atoms with Crippen molar-refractivity contribution in [2.75, 3.05) is 26.8 Å². The van der Waals surface area contributed by atoms with Gasteiger partial charge in [-0.05, 0) is 44.1 Å². The van der Waals surface area contributed by atoms with Crippen LogP contribution in [0.3, 0.4) is 0 Å². The highest BCUT2D eigenvalue weighted by Gasteiger charge is 2.17. The summed E-state index contributed by atoms with van der Waals surface area (Å²) < 4.78 is 10.8. The number of Topliss-reactive ketones (excluding diaryl/α,β-unsaturated/α-hetero) is 1. The van der Waals surface area contributed by atoms with E-state index in [4.69, 9.17) is 21.1 Å². The number of piperidine rings is 1. The molecule has 19 heavy (non-hydrogen) atoms. The van der Waals surface area contributed by atoms with Crippen LogP contribution in [0.1, 0.15) is 23.2 Å². The van der Waals surface area contributed by atoms with E-state index < -0.39 is 0 Å². The minimum atomic E-state index is -0.0992. The predicted octanol–water partition coefficient (Wildman–Crippen LogP) is 2.30. The van der Waals surface area contributed by atoms with E-state index in [2.05, 4.69) is 5.32 Å². The Morgan fingerprint density at radius 2 is 2.16 bits per heavy atom. The lowest BCUT2D eigenvalue weighted by Gasteiger charge is -2.22. The van der Waals surface area contributed by atoms with Crippen LogP contribution < -0.4 is 10.1 Å². The number of ether oxygens (including phenoxy) is 2. The van der Waals surface area contributed by atoms with Crippen molar-refractivity contribution in [2.45, 2.75) is 18.9 Å². The van der Waals surface area contributed by atoms with Crippen LogP contribution in [0.25, 0.3) is 0 Å². The first-order valence-corrected chi connectivity index (χ1v) is 6.77. The van der Waals surface area contributed by atoms with E-state index in [9.17, 15) is 4.79 Å². The number of methoxy groups -OCH3 is 1. The van der Waals surface area contributed by atoms with Crippen molar-refractivity contribution in [3.05, 3.63) is 28.8 Å². The second kappa shape index (κ2) is 6.89. The molecule has 1 aliphatic heterocycles. The van der Waals surface area contributed by atoms with Gasteiger partial charge < -0.3 is 14.8 Å². The summed E-state index contributed by atoms with van der Waals surface area (Å²) >= 11 is 5.91. The molecule has 0 radical (unpaired) electrons. The molecular weight excluding hydrogens is 266 g/mol. The molecule has 0 bridgehead atoms. The van der Waals surface area contributed by atoms with Crippen LogP contribution in [0.4, 0.5) is 0 Å². The lowest BCUT2D eigenvalue weighted by molar-refractivity contribution is 0.0316. The topological polar surface area (TPSA) is 47.6 Å². The summed E-state index contributed by atoms with van der Waals surface area (Å²) in [6.45, 7) is 1.96. The normalized spacial score (nSPS) is 16.3. The molecule has 0 spiro atoms. The SMILES string of the molecule is COc1ccc(Cl)cc1C(=O)COC1CCNCC1. The zero-order valence-corrected chi connectivity index (χ0v) is 11.7. The average molecular weight is 284 g/mol. The van der Waals surface area contributed by atoms with Gasteiger partial charge in [-0.1, -0.05) is 11.6 Å². The fourth-order valence-electron chi connectivity index (χ4n) is 2.13. The molecule has 1 saturated heterocycles. The number of nitrogens with one attached hydrogen (secondary N) is 1. The predicted molar refractivity (Wildman–Crippen MR) is 74.2 cm³/mol. The van der Waals surface area contributed by atoms with E-state index >= 15 is 0 Å². The number of benzene rings is 1. The van der Waals surface area contributed by atoms with Crippen LogP contribution in [-0.2, 0) is 4.74 Å². The molecule has 0 amide bonds. The summed E-state index contributed by atoms with van der Waals surface area (Å²) in [6.07, 6.45) is 2.05. The van der Waals surface area contributed by atoms with E-state index in [-0.39, 0.29) is 18.5 Å². The van der Waals surface area contributed by atoms with E-state index in [1.807, 2.05) is 0 Å². The third-order valence-electron chi connectivity index (χ3n) is 3.20. The maximum atomic E-state index is 12.1. The van der Waals surface area contributed by atoms with Gasteiger partial charge in [0.1, 0.15) is 12.4 Å². The first kappa shape index (κ1) is 14.3. The minimum Gasteiger partial charge on any atom is -0.496 e. The van der Waals surface area contributed by atoms with Crippen molar-refractivity contribution >= 4 is 17.4 Å². The average Bonchev–Trinajstić information content (AvgIpc) is 2.46. The van der Waals surface area contributed by atoms with Gasteiger partial charge in [0.05, 0.1) is 18.8 Å². The number of hydrogen-bond acceptors (Lipinski definition) is 4. The van der Waals surface area contributed by atoms with Crippen LogP contribution in [0, 0.1) is 0 Å². The summed E-state index contributed by atoms with van der Waals surface area (Å²) in [7, 11) is 1.54. The Morgan fingerprint density at radius 1 is 1.42 bits per heavy atom. The van der Waals surface area contributed by atoms with Gasteiger partial charge >= 0.3 is 0 Å². The Kier molecular flexibility index (Phi) is 5.19. The van der Waals surface area contributed by atoms with E-state index in [0.29, 0.717) is 16.3 Å². The molecule has 1 fully saturated rings. The van der Waals surface area contributed by atoms with E-state index in [0.717, 1.165) is 25.9 Å².